The molecular formula is C23H17FN2O2. The third kappa shape index (κ3) is 3.69. The quantitative estimate of drug-likeness (QED) is 0.526. The van der Waals surface area contributed by atoms with Crippen LogP contribution in [0, 0.1) is 12.7 Å². The molecule has 5 heteroatoms. The number of carbonyl (C=O) groups excluding carboxylic acids is 1. The minimum Gasteiger partial charge on any atom is -0.438 e. The highest BCUT2D eigenvalue weighted by atomic mass is 19.1. The smallest absolute Gasteiger partial charge is 0.261 e. The fourth-order valence-corrected chi connectivity index (χ4v) is 2.85. The molecule has 0 radical (unpaired) electrons. The number of nitrogens with one attached hydrogen (secondary N) is 1. The van der Waals surface area contributed by atoms with Crippen molar-refractivity contribution in [3.05, 3.63) is 101 Å². The molecule has 4 rings (SSSR count). The van der Waals surface area contributed by atoms with Crippen molar-refractivity contribution in [1.82, 2.24) is 0 Å². The van der Waals surface area contributed by atoms with Crippen LogP contribution in [0.4, 0.5) is 15.8 Å². The van der Waals surface area contributed by atoms with E-state index in [1.807, 2.05) is 43.3 Å². The van der Waals surface area contributed by atoms with Crippen LogP contribution in [0.25, 0.3) is 11.0 Å². The van der Waals surface area contributed by atoms with E-state index in [2.05, 4.69) is 10.3 Å². The Balaban J connectivity index is 1.88. The van der Waals surface area contributed by atoms with Crippen LogP contribution < -0.4 is 10.9 Å². The zero-order valence-corrected chi connectivity index (χ0v) is 15.1. The number of benzene rings is 3. The van der Waals surface area contributed by atoms with Crippen LogP contribution in [0.5, 0.6) is 0 Å². The molecule has 0 unspecified atom stereocenters. The van der Waals surface area contributed by atoms with Crippen LogP contribution in [-0.4, -0.2) is 5.91 Å². The Bertz CT molecular complexity index is 1230. The van der Waals surface area contributed by atoms with Gasteiger partial charge in [0.25, 0.3) is 5.91 Å². The van der Waals surface area contributed by atoms with E-state index in [0.717, 1.165) is 10.9 Å². The maximum atomic E-state index is 13.7. The maximum absolute atomic E-state index is 13.7. The number of rotatable bonds is 3. The Kier molecular flexibility index (Phi) is 4.72. The van der Waals surface area contributed by atoms with Crippen molar-refractivity contribution < 1.29 is 13.6 Å². The summed E-state index contributed by atoms with van der Waals surface area (Å²) >= 11 is 0. The largest absolute Gasteiger partial charge is 0.438 e. The zero-order valence-electron chi connectivity index (χ0n) is 15.1. The summed E-state index contributed by atoms with van der Waals surface area (Å²) in [5.41, 5.74) is 2.83. The van der Waals surface area contributed by atoms with Gasteiger partial charge in [-0.05, 0) is 48.9 Å². The first-order valence-corrected chi connectivity index (χ1v) is 8.80. The molecule has 1 amide bonds. The number of halogens is 1. The van der Waals surface area contributed by atoms with E-state index >= 15 is 0 Å². The minimum atomic E-state index is -0.402. The number of hydrogen-bond donors (Lipinski definition) is 1. The molecule has 1 heterocycles. The summed E-state index contributed by atoms with van der Waals surface area (Å²) in [6, 6.07) is 22.5. The van der Waals surface area contributed by atoms with Crippen molar-refractivity contribution >= 4 is 28.3 Å². The molecule has 0 fully saturated rings. The topological polar surface area (TPSA) is 54.6 Å². The summed E-state index contributed by atoms with van der Waals surface area (Å²) < 4.78 is 19.6. The van der Waals surface area contributed by atoms with Crippen molar-refractivity contribution in [2.75, 3.05) is 5.32 Å². The van der Waals surface area contributed by atoms with Gasteiger partial charge in [0.15, 0.2) is 0 Å². The minimum absolute atomic E-state index is 0.126. The predicted molar refractivity (Wildman–Crippen MR) is 107 cm³/mol. The third-order valence-corrected chi connectivity index (χ3v) is 4.33. The highest BCUT2D eigenvalue weighted by Crippen LogP contribution is 2.20. The Morgan fingerprint density at radius 1 is 0.964 bits per heavy atom. The molecule has 1 aromatic heterocycles. The van der Waals surface area contributed by atoms with Crippen LogP contribution in [0.3, 0.4) is 0 Å². The first-order valence-electron chi connectivity index (χ1n) is 8.80. The second kappa shape index (κ2) is 7.48. The summed E-state index contributed by atoms with van der Waals surface area (Å²) in [5.74, 6) is -0.756. The van der Waals surface area contributed by atoms with E-state index in [1.54, 1.807) is 30.3 Å². The number of amides is 1. The molecule has 0 aliphatic heterocycles. The highest BCUT2D eigenvalue weighted by molar-refractivity contribution is 6.05. The molecular weight excluding hydrogens is 355 g/mol. The summed E-state index contributed by atoms with van der Waals surface area (Å²) in [7, 11) is 0. The van der Waals surface area contributed by atoms with Gasteiger partial charge in [0.2, 0.25) is 5.55 Å². The van der Waals surface area contributed by atoms with Gasteiger partial charge in [0.05, 0.1) is 5.69 Å². The Hall–Kier alpha value is -3.73. The Morgan fingerprint density at radius 3 is 2.54 bits per heavy atom. The molecule has 138 valence electrons. The van der Waals surface area contributed by atoms with Gasteiger partial charge in [-0.15, -0.1) is 0 Å². The first kappa shape index (κ1) is 17.7. The monoisotopic (exact) mass is 372 g/mol. The van der Waals surface area contributed by atoms with Crippen molar-refractivity contribution in [2.24, 2.45) is 4.99 Å². The van der Waals surface area contributed by atoms with Gasteiger partial charge in [-0.3, -0.25) is 4.79 Å². The predicted octanol–water partition coefficient (Wildman–Crippen LogP) is 5.37. The lowest BCUT2D eigenvalue weighted by atomic mass is 10.1. The van der Waals surface area contributed by atoms with E-state index in [9.17, 15) is 9.18 Å². The molecule has 4 nitrogen and oxygen atoms in total. The second-order valence-electron chi connectivity index (χ2n) is 6.37. The molecule has 0 aliphatic carbocycles. The van der Waals surface area contributed by atoms with Crippen LogP contribution >= 0.6 is 0 Å². The summed E-state index contributed by atoms with van der Waals surface area (Å²) in [4.78, 5) is 17.4. The summed E-state index contributed by atoms with van der Waals surface area (Å²) in [6.07, 6.45) is 0. The fraction of sp³-hybridized carbons (Fsp3) is 0.0435. The van der Waals surface area contributed by atoms with E-state index in [4.69, 9.17) is 4.42 Å². The molecule has 0 atom stereocenters. The van der Waals surface area contributed by atoms with Gasteiger partial charge in [-0.2, -0.15) is 0 Å². The van der Waals surface area contributed by atoms with Crippen LogP contribution in [0.1, 0.15) is 15.9 Å². The molecule has 0 spiro atoms. The van der Waals surface area contributed by atoms with Gasteiger partial charge in [0.1, 0.15) is 17.0 Å². The average Bonchev–Trinajstić information content (AvgIpc) is 2.71. The first-order chi connectivity index (χ1) is 13.6. The SMILES string of the molecule is Cc1ccc(F)cc1N=c1oc2ccccc2cc1C(=O)Nc1ccccc1. The van der Waals surface area contributed by atoms with Crippen LogP contribution in [-0.2, 0) is 0 Å². The lowest BCUT2D eigenvalue weighted by molar-refractivity contribution is 0.102. The zero-order chi connectivity index (χ0) is 19.5. The molecule has 4 aromatic rings. The summed E-state index contributed by atoms with van der Waals surface area (Å²) in [6.45, 7) is 1.82. The van der Waals surface area contributed by atoms with Gasteiger partial charge < -0.3 is 9.73 Å². The van der Waals surface area contributed by atoms with Gasteiger partial charge in [-0.25, -0.2) is 9.38 Å². The van der Waals surface area contributed by atoms with Crippen molar-refractivity contribution in [3.63, 3.8) is 0 Å². The van der Waals surface area contributed by atoms with Crippen molar-refractivity contribution in [1.29, 1.82) is 0 Å². The number of hydrogen-bond acceptors (Lipinski definition) is 3. The second-order valence-corrected chi connectivity index (χ2v) is 6.37. The normalized spacial score (nSPS) is 11.6. The number of nitrogens with zero attached hydrogens (tertiary/aromatic N) is 1. The van der Waals surface area contributed by atoms with E-state index in [-0.39, 0.29) is 17.0 Å². The maximum Gasteiger partial charge on any atom is 0.261 e. The van der Waals surface area contributed by atoms with Crippen LogP contribution in [0.15, 0.2) is 88.3 Å². The fourth-order valence-electron chi connectivity index (χ4n) is 2.85. The molecule has 0 saturated carbocycles. The lowest BCUT2D eigenvalue weighted by Gasteiger charge is -2.07. The van der Waals surface area contributed by atoms with Gasteiger partial charge in [0, 0.05) is 11.1 Å². The van der Waals surface area contributed by atoms with E-state index in [0.29, 0.717) is 17.0 Å². The number of aryl methyl sites for hydroxylation is 1. The average molecular weight is 372 g/mol. The Labute approximate surface area is 161 Å². The van der Waals surface area contributed by atoms with Crippen molar-refractivity contribution in [3.8, 4) is 0 Å². The summed E-state index contributed by atoms with van der Waals surface area (Å²) in [5, 5.41) is 3.62. The number of carbonyl (C=O) groups is 1. The molecule has 0 bridgehead atoms. The van der Waals surface area contributed by atoms with Gasteiger partial charge >= 0.3 is 0 Å². The Morgan fingerprint density at radius 2 is 1.71 bits per heavy atom. The number of anilines is 1. The third-order valence-electron chi connectivity index (χ3n) is 4.33. The molecule has 1 N–H and O–H groups in total. The standard InChI is InChI=1S/C23H17FN2O2/c1-15-11-12-17(24)14-20(15)26-23-19(13-16-7-5-6-10-21(16)28-23)22(27)25-18-8-3-2-4-9-18/h2-14H,1H3,(H,25,27). The molecule has 0 aliphatic rings. The van der Waals surface area contributed by atoms with Crippen molar-refractivity contribution in [2.45, 2.75) is 6.92 Å². The molecule has 28 heavy (non-hydrogen) atoms. The van der Waals surface area contributed by atoms with Crippen LogP contribution in [0.2, 0.25) is 0 Å². The van der Waals surface area contributed by atoms with Gasteiger partial charge in [-0.1, -0.05) is 42.5 Å². The molecule has 0 saturated heterocycles. The molecule has 3 aromatic carbocycles. The lowest BCUT2D eigenvalue weighted by Crippen LogP contribution is -2.21. The van der Waals surface area contributed by atoms with E-state index < -0.39 is 5.82 Å². The number of para-hydroxylation sites is 2. The van der Waals surface area contributed by atoms with E-state index in [1.165, 1.54) is 12.1 Å². The highest BCUT2D eigenvalue weighted by Gasteiger charge is 2.13. The number of fused-ring (bicyclic) bond motifs is 1.